The van der Waals surface area contributed by atoms with E-state index in [1.54, 1.807) is 13.0 Å². The van der Waals surface area contributed by atoms with Crippen LogP contribution in [0.5, 0.6) is 0 Å². The molecular weight excluding hydrogens is 367 g/mol. The molecule has 0 aliphatic carbocycles. The maximum absolute atomic E-state index is 14.1. The first-order chi connectivity index (χ1) is 9.93. The summed E-state index contributed by atoms with van der Waals surface area (Å²) in [5.74, 6) is -1.93. The Bertz CT molecular complexity index is 664. The Labute approximate surface area is 134 Å². The lowest BCUT2D eigenvalue weighted by Crippen LogP contribution is -2.24. The van der Waals surface area contributed by atoms with Crippen molar-refractivity contribution in [2.45, 2.75) is 13.0 Å². The van der Waals surface area contributed by atoms with E-state index in [0.29, 0.717) is 11.0 Å². The normalized spacial score (nSPS) is 12.5. The minimum Gasteiger partial charge on any atom is -0.306 e. The predicted octanol–water partition coefficient (Wildman–Crippen LogP) is 5.22. The second kappa shape index (κ2) is 6.81. The van der Waals surface area contributed by atoms with E-state index < -0.39 is 23.5 Å². The molecule has 0 spiro atoms. The molecule has 2 rings (SSSR count). The topological polar surface area (TPSA) is 12.0 Å². The van der Waals surface area contributed by atoms with E-state index in [2.05, 4.69) is 21.2 Å². The molecule has 112 valence electrons. The van der Waals surface area contributed by atoms with Gasteiger partial charge in [-0.25, -0.2) is 13.2 Å². The van der Waals surface area contributed by atoms with Crippen molar-refractivity contribution >= 4 is 27.5 Å². The minimum atomic E-state index is -0.806. The smallest absolute Gasteiger partial charge is 0.142 e. The molecule has 1 atom stereocenters. The van der Waals surface area contributed by atoms with Crippen LogP contribution in [0.3, 0.4) is 0 Å². The van der Waals surface area contributed by atoms with Crippen LogP contribution in [0.15, 0.2) is 34.8 Å². The van der Waals surface area contributed by atoms with Gasteiger partial charge in [0.15, 0.2) is 0 Å². The lowest BCUT2D eigenvalue weighted by atomic mass is 9.97. The average Bonchev–Trinajstić information content (AvgIpc) is 2.43. The zero-order valence-electron chi connectivity index (χ0n) is 11.1. The summed E-state index contributed by atoms with van der Waals surface area (Å²) in [6.45, 7) is 2.26. The number of rotatable bonds is 4. The van der Waals surface area contributed by atoms with Crippen molar-refractivity contribution in [3.05, 3.63) is 68.4 Å². The number of nitrogens with one attached hydrogen (secondary N) is 1. The van der Waals surface area contributed by atoms with Crippen LogP contribution in [-0.2, 0) is 0 Å². The summed E-state index contributed by atoms with van der Waals surface area (Å²) < 4.78 is 42.4. The van der Waals surface area contributed by atoms with Crippen LogP contribution in [0.1, 0.15) is 24.1 Å². The molecule has 1 N–H and O–H groups in total. The second-order valence-corrected chi connectivity index (χ2v) is 5.77. The van der Waals surface area contributed by atoms with Crippen LogP contribution in [0, 0.1) is 17.5 Å². The maximum atomic E-state index is 14.1. The molecule has 6 heteroatoms. The van der Waals surface area contributed by atoms with E-state index >= 15 is 0 Å². The third-order valence-electron chi connectivity index (χ3n) is 3.03. The first kappa shape index (κ1) is 16.3. The highest BCUT2D eigenvalue weighted by Gasteiger charge is 2.22. The number of hydrogen-bond donors (Lipinski definition) is 1. The second-order valence-electron chi connectivity index (χ2n) is 4.44. The molecule has 0 aliphatic rings. The van der Waals surface area contributed by atoms with Crippen molar-refractivity contribution in [2.75, 3.05) is 6.54 Å². The molecule has 21 heavy (non-hydrogen) atoms. The minimum absolute atomic E-state index is 0.00995. The number of benzene rings is 2. The Balaban J connectivity index is 2.58. The standard InChI is InChI=1S/C15H12BrClF3N/c1-2-21-15(9-5-8(16)3-4-12(9)18)10-6-14(20)11(17)7-13(10)19/h3-7,15,21H,2H2,1H3. The zero-order chi connectivity index (χ0) is 15.6. The fourth-order valence-electron chi connectivity index (χ4n) is 2.09. The molecule has 1 unspecified atom stereocenters. The highest BCUT2D eigenvalue weighted by Crippen LogP contribution is 2.31. The zero-order valence-corrected chi connectivity index (χ0v) is 13.4. The van der Waals surface area contributed by atoms with Crippen molar-refractivity contribution in [1.29, 1.82) is 0 Å². The van der Waals surface area contributed by atoms with Crippen LogP contribution in [0.25, 0.3) is 0 Å². The van der Waals surface area contributed by atoms with Gasteiger partial charge in [0.05, 0.1) is 11.1 Å². The molecular formula is C15H12BrClF3N. The first-order valence-corrected chi connectivity index (χ1v) is 7.44. The van der Waals surface area contributed by atoms with Crippen molar-refractivity contribution in [3.8, 4) is 0 Å². The molecule has 2 aromatic rings. The Morgan fingerprint density at radius 3 is 2.38 bits per heavy atom. The van der Waals surface area contributed by atoms with Gasteiger partial charge in [-0.15, -0.1) is 0 Å². The fraction of sp³-hybridized carbons (Fsp3) is 0.200. The first-order valence-electron chi connectivity index (χ1n) is 6.26. The molecule has 0 bridgehead atoms. The van der Waals surface area contributed by atoms with Crippen molar-refractivity contribution in [3.63, 3.8) is 0 Å². The van der Waals surface area contributed by atoms with Gasteiger partial charge in [0, 0.05) is 15.6 Å². The van der Waals surface area contributed by atoms with Gasteiger partial charge < -0.3 is 5.32 Å². The Morgan fingerprint density at radius 1 is 1.05 bits per heavy atom. The van der Waals surface area contributed by atoms with Crippen LogP contribution in [0.4, 0.5) is 13.2 Å². The quantitative estimate of drug-likeness (QED) is 0.719. The highest BCUT2D eigenvalue weighted by atomic mass is 79.9. The summed E-state index contributed by atoms with van der Waals surface area (Å²) in [4.78, 5) is 0. The van der Waals surface area contributed by atoms with Crippen molar-refractivity contribution in [1.82, 2.24) is 5.32 Å². The summed E-state index contributed by atoms with van der Waals surface area (Å²) in [5, 5.41) is 2.66. The number of hydrogen-bond acceptors (Lipinski definition) is 1. The van der Waals surface area contributed by atoms with E-state index in [9.17, 15) is 13.2 Å². The summed E-state index contributed by atoms with van der Waals surface area (Å²) in [5.41, 5.74) is 0.239. The van der Waals surface area contributed by atoms with Crippen molar-refractivity contribution in [2.24, 2.45) is 0 Å². The SMILES string of the molecule is CCNC(c1cc(Br)ccc1F)c1cc(F)c(Cl)cc1F. The third-order valence-corrected chi connectivity index (χ3v) is 3.81. The fourth-order valence-corrected chi connectivity index (χ4v) is 2.62. The molecule has 1 nitrogen and oxygen atoms in total. The van der Waals surface area contributed by atoms with Crippen LogP contribution in [-0.4, -0.2) is 6.54 Å². The Hall–Kier alpha value is -1.04. The van der Waals surface area contributed by atoms with E-state index in [1.807, 2.05) is 0 Å². The summed E-state index contributed by atoms with van der Waals surface area (Å²) in [6.07, 6.45) is 0. The van der Waals surface area contributed by atoms with Gasteiger partial charge in [0.25, 0.3) is 0 Å². The highest BCUT2D eigenvalue weighted by molar-refractivity contribution is 9.10. The monoisotopic (exact) mass is 377 g/mol. The van der Waals surface area contributed by atoms with E-state index in [1.165, 1.54) is 12.1 Å². The molecule has 0 aromatic heterocycles. The van der Waals surface area contributed by atoms with Gasteiger partial charge >= 0.3 is 0 Å². The van der Waals surface area contributed by atoms with Gasteiger partial charge in [-0.05, 0) is 36.9 Å². The molecule has 0 amide bonds. The van der Waals surface area contributed by atoms with E-state index in [0.717, 1.165) is 12.1 Å². The Kier molecular flexibility index (Phi) is 5.30. The van der Waals surface area contributed by atoms with E-state index in [-0.39, 0.29) is 16.1 Å². The molecule has 0 radical (unpaired) electrons. The molecule has 0 aliphatic heterocycles. The lowest BCUT2D eigenvalue weighted by molar-refractivity contribution is 0.522. The largest absolute Gasteiger partial charge is 0.306 e. The third kappa shape index (κ3) is 3.59. The molecule has 0 saturated carbocycles. The summed E-state index contributed by atoms with van der Waals surface area (Å²) in [7, 11) is 0. The Morgan fingerprint density at radius 2 is 1.71 bits per heavy atom. The predicted molar refractivity (Wildman–Crippen MR) is 81.0 cm³/mol. The number of halogens is 5. The van der Waals surface area contributed by atoms with Gasteiger partial charge in [-0.3, -0.25) is 0 Å². The van der Waals surface area contributed by atoms with Crippen molar-refractivity contribution < 1.29 is 13.2 Å². The summed E-state index contributed by atoms with van der Waals surface area (Å²) in [6, 6.07) is 5.43. The van der Waals surface area contributed by atoms with E-state index in [4.69, 9.17) is 11.6 Å². The van der Waals surface area contributed by atoms with Gasteiger partial charge in [0.2, 0.25) is 0 Å². The molecule has 2 aromatic carbocycles. The molecule has 0 heterocycles. The summed E-state index contributed by atoms with van der Waals surface area (Å²) >= 11 is 8.80. The molecule has 0 saturated heterocycles. The average molecular weight is 379 g/mol. The van der Waals surface area contributed by atoms with Gasteiger partial charge in [-0.1, -0.05) is 34.5 Å². The van der Waals surface area contributed by atoms with Crippen LogP contribution in [0.2, 0.25) is 5.02 Å². The molecule has 0 fully saturated rings. The lowest BCUT2D eigenvalue weighted by Gasteiger charge is -2.21. The maximum Gasteiger partial charge on any atom is 0.142 e. The van der Waals surface area contributed by atoms with Crippen LogP contribution >= 0.6 is 27.5 Å². The van der Waals surface area contributed by atoms with Gasteiger partial charge in [0.1, 0.15) is 17.5 Å². The van der Waals surface area contributed by atoms with Gasteiger partial charge in [-0.2, -0.15) is 0 Å². The van der Waals surface area contributed by atoms with Crippen LogP contribution < -0.4 is 5.32 Å².